The molecule has 0 saturated heterocycles. The maximum absolute atomic E-state index is 4.73. The van der Waals surface area contributed by atoms with Crippen LogP contribution in [0.25, 0.3) is 10.2 Å². The first kappa shape index (κ1) is 14.6. The van der Waals surface area contributed by atoms with Crippen molar-refractivity contribution < 1.29 is 0 Å². The standard InChI is InChI=1S/C14H21N3S2/c1-5-12-15-13(11-7-8-19-14(11)16-12)17(4)10(3)9-18-6-2/h7-8,10H,5-6,9H2,1-4H3. The summed E-state index contributed by atoms with van der Waals surface area (Å²) >= 11 is 3.67. The molecule has 0 radical (unpaired) electrons. The van der Waals surface area contributed by atoms with Gasteiger partial charge in [-0.1, -0.05) is 13.8 Å². The Morgan fingerprint density at radius 3 is 2.84 bits per heavy atom. The number of rotatable bonds is 6. The van der Waals surface area contributed by atoms with Crippen LogP contribution in [0.15, 0.2) is 11.4 Å². The molecule has 0 spiro atoms. The number of anilines is 1. The average Bonchev–Trinajstić information content (AvgIpc) is 2.90. The lowest BCUT2D eigenvalue weighted by atomic mass is 10.3. The molecule has 2 aromatic rings. The van der Waals surface area contributed by atoms with Crippen molar-refractivity contribution in [3.05, 3.63) is 17.3 Å². The van der Waals surface area contributed by atoms with E-state index < -0.39 is 0 Å². The summed E-state index contributed by atoms with van der Waals surface area (Å²) in [7, 11) is 2.14. The summed E-state index contributed by atoms with van der Waals surface area (Å²) in [5.74, 6) is 4.31. The van der Waals surface area contributed by atoms with Crippen molar-refractivity contribution in [3.8, 4) is 0 Å². The van der Waals surface area contributed by atoms with Gasteiger partial charge in [0.1, 0.15) is 16.5 Å². The lowest BCUT2D eigenvalue weighted by Crippen LogP contribution is -2.32. The van der Waals surface area contributed by atoms with Crippen molar-refractivity contribution in [3.63, 3.8) is 0 Å². The first-order valence-electron chi connectivity index (χ1n) is 6.72. The molecule has 0 saturated carbocycles. The number of hydrogen-bond donors (Lipinski definition) is 0. The Kier molecular flexibility index (Phi) is 5.05. The number of nitrogens with zero attached hydrogens (tertiary/aromatic N) is 3. The highest BCUT2D eigenvalue weighted by molar-refractivity contribution is 7.99. The van der Waals surface area contributed by atoms with E-state index >= 15 is 0 Å². The van der Waals surface area contributed by atoms with Crippen molar-refractivity contribution in [1.82, 2.24) is 9.97 Å². The minimum absolute atomic E-state index is 0.479. The van der Waals surface area contributed by atoms with E-state index in [9.17, 15) is 0 Å². The van der Waals surface area contributed by atoms with E-state index in [0.29, 0.717) is 6.04 Å². The molecule has 2 rings (SSSR count). The van der Waals surface area contributed by atoms with Crippen LogP contribution in [0.5, 0.6) is 0 Å². The second kappa shape index (κ2) is 6.57. The van der Waals surface area contributed by atoms with Gasteiger partial charge in [-0.2, -0.15) is 11.8 Å². The second-order valence-corrected chi connectivity index (χ2v) is 6.79. The fourth-order valence-corrected chi connectivity index (χ4v) is 3.50. The van der Waals surface area contributed by atoms with Gasteiger partial charge in [-0.05, 0) is 24.1 Å². The molecule has 0 aliphatic rings. The number of thiophene rings is 1. The van der Waals surface area contributed by atoms with Crippen LogP contribution in [0, 0.1) is 0 Å². The number of aryl methyl sites for hydroxylation is 1. The molecule has 2 aromatic heterocycles. The number of thioether (sulfide) groups is 1. The third-order valence-corrected chi connectivity index (χ3v) is 5.16. The smallest absolute Gasteiger partial charge is 0.141 e. The summed E-state index contributed by atoms with van der Waals surface area (Å²) in [5.41, 5.74) is 0. The average molecular weight is 295 g/mol. The van der Waals surface area contributed by atoms with Gasteiger partial charge in [-0.15, -0.1) is 11.3 Å². The molecule has 0 aromatic carbocycles. The Balaban J connectivity index is 2.34. The third-order valence-electron chi connectivity index (χ3n) is 3.23. The van der Waals surface area contributed by atoms with Crippen molar-refractivity contribution in [2.24, 2.45) is 0 Å². The van der Waals surface area contributed by atoms with E-state index in [0.717, 1.165) is 34.4 Å². The van der Waals surface area contributed by atoms with Gasteiger partial charge >= 0.3 is 0 Å². The summed E-state index contributed by atoms with van der Waals surface area (Å²) in [6.45, 7) is 6.57. The van der Waals surface area contributed by atoms with Gasteiger partial charge in [0.05, 0.1) is 5.39 Å². The molecule has 0 fully saturated rings. The van der Waals surface area contributed by atoms with Gasteiger partial charge in [-0.3, -0.25) is 0 Å². The first-order valence-corrected chi connectivity index (χ1v) is 8.75. The normalized spacial score (nSPS) is 12.8. The molecule has 0 N–H and O–H groups in total. The van der Waals surface area contributed by atoms with Gasteiger partial charge in [-0.25, -0.2) is 9.97 Å². The maximum Gasteiger partial charge on any atom is 0.141 e. The molecular weight excluding hydrogens is 274 g/mol. The Hall–Kier alpha value is -0.810. The fourth-order valence-electron chi connectivity index (χ4n) is 1.92. The molecule has 2 heterocycles. The zero-order chi connectivity index (χ0) is 13.8. The lowest BCUT2D eigenvalue weighted by Gasteiger charge is -2.26. The molecule has 19 heavy (non-hydrogen) atoms. The highest BCUT2D eigenvalue weighted by atomic mass is 32.2. The monoisotopic (exact) mass is 295 g/mol. The minimum atomic E-state index is 0.479. The van der Waals surface area contributed by atoms with Gasteiger partial charge in [0.25, 0.3) is 0 Å². The molecule has 3 nitrogen and oxygen atoms in total. The van der Waals surface area contributed by atoms with Gasteiger partial charge < -0.3 is 4.90 Å². The Bertz CT molecular complexity index is 538. The van der Waals surface area contributed by atoms with Crippen LogP contribution in [0.4, 0.5) is 5.82 Å². The van der Waals surface area contributed by atoms with Crippen LogP contribution >= 0.6 is 23.1 Å². The Morgan fingerprint density at radius 1 is 1.37 bits per heavy atom. The summed E-state index contributed by atoms with van der Waals surface area (Å²) in [4.78, 5) is 12.7. The molecule has 104 valence electrons. The summed E-state index contributed by atoms with van der Waals surface area (Å²) < 4.78 is 0. The van der Waals surface area contributed by atoms with E-state index in [2.05, 4.69) is 49.1 Å². The molecule has 1 unspecified atom stereocenters. The van der Waals surface area contributed by atoms with Gasteiger partial charge in [0, 0.05) is 25.3 Å². The zero-order valence-electron chi connectivity index (χ0n) is 12.0. The number of fused-ring (bicyclic) bond motifs is 1. The van der Waals surface area contributed by atoms with E-state index in [4.69, 9.17) is 4.98 Å². The predicted molar refractivity (Wildman–Crippen MR) is 87.7 cm³/mol. The van der Waals surface area contributed by atoms with Crippen LogP contribution in [0.3, 0.4) is 0 Å². The van der Waals surface area contributed by atoms with Gasteiger partial charge in [0.15, 0.2) is 0 Å². The molecule has 1 atom stereocenters. The molecule has 0 bridgehead atoms. The first-order chi connectivity index (χ1) is 9.17. The Labute approximate surface area is 123 Å². The topological polar surface area (TPSA) is 29.0 Å². The maximum atomic E-state index is 4.73. The highest BCUT2D eigenvalue weighted by Gasteiger charge is 2.16. The van der Waals surface area contributed by atoms with Crippen molar-refractivity contribution in [1.29, 1.82) is 0 Å². The molecular formula is C14H21N3S2. The van der Waals surface area contributed by atoms with Crippen LogP contribution in [0.1, 0.15) is 26.6 Å². The summed E-state index contributed by atoms with van der Waals surface area (Å²) in [6, 6.07) is 2.61. The van der Waals surface area contributed by atoms with E-state index in [1.807, 2.05) is 11.8 Å². The van der Waals surface area contributed by atoms with Crippen molar-refractivity contribution >= 4 is 39.1 Å². The third kappa shape index (κ3) is 3.20. The number of hydrogen-bond acceptors (Lipinski definition) is 5. The van der Waals surface area contributed by atoms with E-state index in [-0.39, 0.29) is 0 Å². The van der Waals surface area contributed by atoms with Crippen LogP contribution in [-0.2, 0) is 6.42 Å². The highest BCUT2D eigenvalue weighted by Crippen LogP contribution is 2.28. The Morgan fingerprint density at radius 2 is 2.16 bits per heavy atom. The fraction of sp³-hybridized carbons (Fsp3) is 0.571. The SMILES string of the molecule is CCSCC(C)N(C)c1nc(CC)nc2sccc12. The van der Waals surface area contributed by atoms with Crippen LogP contribution in [-0.4, -0.2) is 34.6 Å². The van der Waals surface area contributed by atoms with Crippen molar-refractivity contribution in [2.45, 2.75) is 33.2 Å². The quantitative estimate of drug-likeness (QED) is 0.810. The summed E-state index contributed by atoms with van der Waals surface area (Å²) in [5, 5.41) is 3.28. The zero-order valence-corrected chi connectivity index (χ0v) is 13.6. The number of aromatic nitrogens is 2. The largest absolute Gasteiger partial charge is 0.355 e. The predicted octanol–water partition coefficient (Wildman–Crippen LogP) is 3.83. The molecule has 5 heteroatoms. The van der Waals surface area contributed by atoms with Crippen LogP contribution in [0.2, 0.25) is 0 Å². The minimum Gasteiger partial charge on any atom is -0.355 e. The molecule has 0 aliphatic heterocycles. The summed E-state index contributed by atoms with van der Waals surface area (Å²) in [6.07, 6.45) is 0.882. The molecule has 0 aliphatic carbocycles. The lowest BCUT2D eigenvalue weighted by molar-refractivity contribution is 0.750. The van der Waals surface area contributed by atoms with Crippen molar-refractivity contribution in [2.75, 3.05) is 23.5 Å². The van der Waals surface area contributed by atoms with E-state index in [1.165, 1.54) is 5.39 Å². The molecule has 0 amide bonds. The second-order valence-electron chi connectivity index (χ2n) is 4.58. The van der Waals surface area contributed by atoms with Gasteiger partial charge in [0.2, 0.25) is 0 Å². The van der Waals surface area contributed by atoms with Crippen LogP contribution < -0.4 is 4.90 Å². The van der Waals surface area contributed by atoms with E-state index in [1.54, 1.807) is 11.3 Å².